The molecule has 0 saturated heterocycles. The van der Waals surface area contributed by atoms with Gasteiger partial charge in [0.25, 0.3) is 0 Å². The standard InChI is InChI=1S/C15H24O2.C15H22O2.2CO2.S7.S6/c2*1-4-7-13-14(17)9-8-12(2)15(13,3)10-5-6-11-16;2*2-1-3;1-3-5-7-6-4-2;1-3-5-6-4-2/h4,7,12,16H,1,5-6,8-11H2,2-3H3;4,7,11-12H,1,5-6,8-10H2,2-3H3;;;;/b2*13-7+;;;;/t2*12-,15+;;;;/m11..../s1. The summed E-state index contributed by atoms with van der Waals surface area (Å²) in [4.78, 5) is 66.9. The molecule has 2 aliphatic rings. The van der Waals surface area contributed by atoms with Crippen LogP contribution < -0.4 is 0 Å². The highest BCUT2D eigenvalue weighted by Gasteiger charge is 2.41. The van der Waals surface area contributed by atoms with Gasteiger partial charge in [-0.1, -0.05) is 71.6 Å². The van der Waals surface area contributed by atoms with Crippen LogP contribution in [0.1, 0.15) is 91.9 Å². The molecule has 0 radical (unpaired) electrons. The van der Waals surface area contributed by atoms with Gasteiger partial charge in [0.1, 0.15) is 6.29 Å². The molecule has 21 heteroatoms. The van der Waals surface area contributed by atoms with Gasteiger partial charge in [-0.25, -0.2) is 0 Å². The minimum atomic E-state index is -0.0907. The molecule has 0 aromatic heterocycles. The first kappa shape index (κ1) is 59.2. The molecule has 300 valence electrons. The van der Waals surface area contributed by atoms with Crippen molar-refractivity contribution in [1.82, 2.24) is 0 Å². The van der Waals surface area contributed by atoms with Crippen LogP contribution >= 0.6 is 0 Å². The summed E-state index contributed by atoms with van der Waals surface area (Å²) in [6.45, 7) is 16.4. The third-order valence-corrected chi connectivity index (χ3v) is 24.1. The van der Waals surface area contributed by atoms with Crippen molar-refractivity contribution in [3.05, 3.63) is 48.6 Å². The molecule has 0 bridgehead atoms. The summed E-state index contributed by atoms with van der Waals surface area (Å²) in [6, 6.07) is 0. The number of unbranched alkanes of at least 4 members (excludes halogenated alkanes) is 2. The molecule has 0 aromatic rings. The zero-order valence-electron chi connectivity index (χ0n) is 29.8. The van der Waals surface area contributed by atoms with E-state index in [0.29, 0.717) is 31.1 Å². The first-order chi connectivity index (χ1) is 25.3. The molecule has 53 heavy (non-hydrogen) atoms. The minimum absolute atomic E-state index is 0.0430. The molecule has 4 atom stereocenters. The number of aldehydes is 1. The minimum Gasteiger partial charge on any atom is -0.396 e. The van der Waals surface area contributed by atoms with Gasteiger partial charge >= 0.3 is 12.3 Å². The first-order valence-corrected chi connectivity index (χ1v) is 30.2. The zero-order valence-corrected chi connectivity index (χ0v) is 40.5. The first-order valence-electron chi connectivity index (χ1n) is 15.5. The maximum absolute atomic E-state index is 12.0. The molecule has 0 amide bonds. The lowest BCUT2D eigenvalue weighted by Gasteiger charge is -2.41. The van der Waals surface area contributed by atoms with Crippen LogP contribution in [-0.2, 0) is 158 Å². The van der Waals surface area contributed by atoms with Gasteiger partial charge in [-0.2, -0.15) is 19.2 Å². The Morgan fingerprint density at radius 1 is 0.698 bits per heavy atom. The van der Waals surface area contributed by atoms with Crippen LogP contribution in [0.5, 0.6) is 0 Å². The van der Waals surface area contributed by atoms with Crippen LogP contribution in [0.2, 0.25) is 0 Å². The molecule has 2 rings (SSSR count). The average molecular weight is 976 g/mol. The van der Waals surface area contributed by atoms with E-state index in [2.05, 4.69) is 85.6 Å². The Hall–Kier alpha value is -0.450. The summed E-state index contributed by atoms with van der Waals surface area (Å²) in [5.74, 6) is 1.52. The van der Waals surface area contributed by atoms with Gasteiger partial charge in [0.15, 0.2) is 11.6 Å². The maximum atomic E-state index is 12.0. The lowest BCUT2D eigenvalue weighted by atomic mass is 9.62. The summed E-state index contributed by atoms with van der Waals surface area (Å²) in [5.41, 5.74) is 1.70. The number of carbonyl (C=O) groups is 3. The van der Waals surface area contributed by atoms with Gasteiger partial charge in [0, 0.05) is 162 Å². The summed E-state index contributed by atoms with van der Waals surface area (Å²) in [5, 5.41) is 8.87. The van der Waals surface area contributed by atoms with Crippen molar-refractivity contribution in [1.29, 1.82) is 0 Å². The molecule has 2 saturated carbocycles. The smallest absolute Gasteiger partial charge is 0.373 e. The van der Waals surface area contributed by atoms with Gasteiger partial charge in [-0.3, -0.25) is 9.59 Å². The molecule has 0 unspecified atom stereocenters. The fourth-order valence-corrected chi connectivity index (χ4v) is 19.3. The molecule has 1 N–H and O–H groups in total. The Bertz CT molecular complexity index is 1640. The van der Waals surface area contributed by atoms with Crippen LogP contribution in [0.4, 0.5) is 0 Å². The lowest BCUT2D eigenvalue weighted by Crippen LogP contribution is -2.36. The van der Waals surface area contributed by atoms with Crippen molar-refractivity contribution >= 4 is 155 Å². The van der Waals surface area contributed by atoms with Crippen LogP contribution in [0, 0.1) is 22.7 Å². The number of allylic oxidation sites excluding steroid dienone is 6. The molecular weight excluding hydrogens is 929 g/mol. The van der Waals surface area contributed by atoms with E-state index in [1.165, 1.54) is 53.3 Å². The second kappa shape index (κ2) is 41.2. The van der Waals surface area contributed by atoms with E-state index in [9.17, 15) is 14.4 Å². The third kappa shape index (κ3) is 28.6. The van der Waals surface area contributed by atoms with Crippen LogP contribution in [0.15, 0.2) is 48.6 Å². The number of carbonyl (C=O) groups excluding carboxylic acids is 7. The second-order valence-electron chi connectivity index (χ2n) is 11.2. The molecule has 0 aliphatic heterocycles. The Morgan fingerprint density at radius 3 is 1.34 bits per heavy atom. The SMILES string of the molecule is C=C/C=C1\C(=O)CC[C@@H](C)[C@]1(C)CCCC=O.C=C/C=C1\C(=O)CC[C@@H](C)[C@]1(C)CCCCO.O=C=O.O=C=O.S=S=S=S=S=S.S=S=S=S=S=S=S. The van der Waals surface area contributed by atoms with E-state index in [0.717, 1.165) is 62.4 Å². The van der Waals surface area contributed by atoms with E-state index < -0.39 is 0 Å². The summed E-state index contributed by atoms with van der Waals surface area (Å²) in [6.07, 6.45) is 16.9. The van der Waals surface area contributed by atoms with Crippen molar-refractivity contribution in [3.63, 3.8) is 0 Å². The van der Waals surface area contributed by atoms with Crippen molar-refractivity contribution in [2.24, 2.45) is 22.7 Å². The van der Waals surface area contributed by atoms with E-state index in [1.54, 1.807) is 38.8 Å². The molecule has 0 spiro atoms. The molecule has 2 aliphatic carbocycles. The quantitative estimate of drug-likeness (QED) is 0.167. The monoisotopic (exact) mass is 974 g/mol. The van der Waals surface area contributed by atoms with E-state index in [4.69, 9.17) is 24.3 Å². The topological polar surface area (TPSA) is 140 Å². The summed E-state index contributed by atoms with van der Waals surface area (Å²) < 4.78 is 0. The molecule has 8 nitrogen and oxygen atoms in total. The van der Waals surface area contributed by atoms with Crippen molar-refractivity contribution in [2.45, 2.75) is 91.9 Å². The molecule has 0 aromatic carbocycles. The number of aliphatic hydroxyl groups excluding tert-OH is 1. The number of rotatable bonds is 10. The predicted octanol–water partition coefficient (Wildman–Crippen LogP) is 5.54. The van der Waals surface area contributed by atoms with Crippen molar-refractivity contribution in [3.8, 4) is 0 Å². The highest BCUT2D eigenvalue weighted by molar-refractivity contribution is 8.68. The second-order valence-corrected chi connectivity index (χ2v) is 27.1. The molecule has 2 fully saturated rings. The fraction of sp³-hybridized carbons (Fsp3) is 0.594. The van der Waals surface area contributed by atoms with Crippen LogP contribution in [-0.4, -0.2) is 41.9 Å². The van der Waals surface area contributed by atoms with Gasteiger partial charge < -0.3 is 9.90 Å². The number of ketones is 2. The third-order valence-electron chi connectivity index (χ3n) is 8.50. The molecule has 0 heterocycles. The number of hydrogen-bond acceptors (Lipinski definition) is 12. The van der Waals surface area contributed by atoms with Gasteiger partial charge in [-0.05, 0) is 61.2 Å². The number of hydrogen-bond donors (Lipinski definition) is 1. The summed E-state index contributed by atoms with van der Waals surface area (Å²) in [7, 11) is 13.0. The largest absolute Gasteiger partial charge is 0.396 e. The Kier molecular flexibility index (Phi) is 46.0. The van der Waals surface area contributed by atoms with Gasteiger partial charge in [-0.15, -0.1) is 0 Å². The number of Topliss-reactive ketones (excluding diaryl/α,β-unsaturated/α-hetero) is 2. The maximum Gasteiger partial charge on any atom is 0.373 e. The van der Waals surface area contributed by atoms with Crippen molar-refractivity contribution in [2.75, 3.05) is 6.61 Å². The highest BCUT2D eigenvalue weighted by Crippen LogP contribution is 2.47. The average Bonchev–Trinajstić information content (AvgIpc) is 3.13. The van der Waals surface area contributed by atoms with Crippen LogP contribution in [0.3, 0.4) is 0 Å². The predicted molar refractivity (Wildman–Crippen MR) is 246 cm³/mol. The normalized spacial score (nSPS) is 22.1. The van der Waals surface area contributed by atoms with Crippen molar-refractivity contribution < 1.29 is 38.7 Å². The van der Waals surface area contributed by atoms with Crippen LogP contribution in [0.25, 0.3) is 0 Å². The van der Waals surface area contributed by atoms with E-state index in [-0.39, 0.29) is 41.3 Å². The Balaban J connectivity index is -0.000000309. The highest BCUT2D eigenvalue weighted by atomic mass is 33.4. The fourth-order valence-electron chi connectivity index (χ4n) is 5.55. The zero-order chi connectivity index (χ0) is 41.6. The van der Waals surface area contributed by atoms with Gasteiger partial charge in [0.2, 0.25) is 0 Å². The Labute approximate surface area is 359 Å². The van der Waals surface area contributed by atoms with E-state index >= 15 is 0 Å². The number of aliphatic hydroxyl groups is 1. The Morgan fingerprint density at radius 2 is 1.04 bits per heavy atom. The van der Waals surface area contributed by atoms with Gasteiger partial charge in [0.05, 0.1) is 0 Å². The van der Waals surface area contributed by atoms with E-state index in [1.807, 2.05) is 12.2 Å². The lowest BCUT2D eigenvalue weighted by molar-refractivity contribution is -0.193. The molecular formula is C32H46O8S13. The summed E-state index contributed by atoms with van der Waals surface area (Å²) >= 11 is 18.2.